The fourth-order valence-electron chi connectivity index (χ4n) is 2.17. The van der Waals surface area contributed by atoms with Gasteiger partial charge >= 0.3 is 6.09 Å². The quantitative estimate of drug-likeness (QED) is 0.910. The van der Waals surface area contributed by atoms with Gasteiger partial charge in [-0.05, 0) is 32.0 Å². The second-order valence-electron chi connectivity index (χ2n) is 5.45. The van der Waals surface area contributed by atoms with E-state index in [4.69, 9.17) is 10.00 Å². The van der Waals surface area contributed by atoms with Gasteiger partial charge in [0.2, 0.25) is 0 Å². The third-order valence-corrected chi connectivity index (χ3v) is 3.43. The minimum absolute atomic E-state index is 0.271. The number of rotatable bonds is 4. The van der Waals surface area contributed by atoms with E-state index in [1.54, 1.807) is 23.1 Å². The van der Waals surface area contributed by atoms with Crippen molar-refractivity contribution in [1.29, 1.82) is 5.26 Å². The molecule has 1 heterocycles. The number of benzene rings is 1. The van der Waals surface area contributed by atoms with Crippen LogP contribution in [0.4, 0.5) is 4.79 Å². The number of nitrogens with zero attached hydrogens (tertiary/aromatic N) is 2. The molecular formula is C15H17N3O3. The minimum Gasteiger partial charge on any atom is -0.448 e. The first kappa shape index (κ1) is 14.9. The summed E-state index contributed by atoms with van der Waals surface area (Å²) in [5, 5.41) is 11.6. The van der Waals surface area contributed by atoms with Gasteiger partial charge < -0.3 is 10.1 Å². The Labute approximate surface area is 123 Å². The van der Waals surface area contributed by atoms with Crippen LogP contribution in [0.3, 0.4) is 0 Å². The summed E-state index contributed by atoms with van der Waals surface area (Å²) in [5.74, 6) is -0.271. The van der Waals surface area contributed by atoms with E-state index in [1.807, 2.05) is 19.9 Å². The topological polar surface area (TPSA) is 82.4 Å². The SMILES string of the molecule is CC(C)(CNC(=O)c1cccc(C#N)c1)N1CCOC1=O. The van der Waals surface area contributed by atoms with Gasteiger partial charge in [-0.15, -0.1) is 0 Å². The van der Waals surface area contributed by atoms with Crippen LogP contribution >= 0.6 is 0 Å². The molecule has 1 N–H and O–H groups in total. The van der Waals surface area contributed by atoms with Crippen molar-refractivity contribution in [3.63, 3.8) is 0 Å². The van der Waals surface area contributed by atoms with Gasteiger partial charge in [0, 0.05) is 12.1 Å². The smallest absolute Gasteiger partial charge is 0.410 e. The summed E-state index contributed by atoms with van der Waals surface area (Å²) < 4.78 is 4.91. The Kier molecular flexibility index (Phi) is 4.13. The Hall–Kier alpha value is -2.55. The first-order valence-corrected chi connectivity index (χ1v) is 6.67. The average molecular weight is 287 g/mol. The molecule has 1 aliphatic heterocycles. The third kappa shape index (κ3) is 3.31. The van der Waals surface area contributed by atoms with Crippen molar-refractivity contribution in [3.8, 4) is 6.07 Å². The molecule has 21 heavy (non-hydrogen) atoms. The predicted octanol–water partition coefficient (Wildman–Crippen LogP) is 1.52. The van der Waals surface area contributed by atoms with Gasteiger partial charge in [0.05, 0.1) is 23.7 Å². The second kappa shape index (κ2) is 5.83. The summed E-state index contributed by atoms with van der Waals surface area (Å²) in [6.45, 7) is 4.93. The van der Waals surface area contributed by atoms with Crippen LogP contribution in [0, 0.1) is 11.3 Å². The number of amides is 2. The lowest BCUT2D eigenvalue weighted by atomic mass is 10.0. The van der Waals surface area contributed by atoms with E-state index in [0.717, 1.165) is 0 Å². The maximum Gasteiger partial charge on any atom is 0.410 e. The molecule has 1 aromatic carbocycles. The molecule has 0 saturated carbocycles. The maximum absolute atomic E-state index is 12.1. The number of carbonyl (C=O) groups excluding carboxylic acids is 2. The molecule has 6 nitrogen and oxygen atoms in total. The number of nitrogens with one attached hydrogen (secondary N) is 1. The molecule has 1 saturated heterocycles. The Morgan fingerprint density at radius 3 is 2.90 bits per heavy atom. The van der Waals surface area contributed by atoms with E-state index >= 15 is 0 Å². The fraction of sp³-hybridized carbons (Fsp3) is 0.400. The lowest BCUT2D eigenvalue weighted by Crippen LogP contribution is -2.52. The molecule has 2 amide bonds. The number of cyclic esters (lactones) is 1. The van der Waals surface area contributed by atoms with Gasteiger partial charge in [-0.2, -0.15) is 5.26 Å². The van der Waals surface area contributed by atoms with Gasteiger partial charge in [0.25, 0.3) is 5.91 Å². The predicted molar refractivity (Wildman–Crippen MR) is 75.6 cm³/mol. The van der Waals surface area contributed by atoms with E-state index in [0.29, 0.717) is 30.8 Å². The Balaban J connectivity index is 2.00. The summed E-state index contributed by atoms with van der Waals surface area (Å²) in [5.41, 5.74) is 0.328. The van der Waals surface area contributed by atoms with Crippen LogP contribution in [0.25, 0.3) is 0 Å². The van der Waals surface area contributed by atoms with Crippen LogP contribution in [0.5, 0.6) is 0 Å². The van der Waals surface area contributed by atoms with Crippen molar-refractivity contribution >= 4 is 12.0 Å². The van der Waals surface area contributed by atoms with Gasteiger partial charge in [0.1, 0.15) is 6.61 Å². The highest BCUT2D eigenvalue weighted by molar-refractivity contribution is 5.94. The van der Waals surface area contributed by atoms with E-state index in [-0.39, 0.29) is 12.0 Å². The van der Waals surface area contributed by atoms with Gasteiger partial charge in [-0.1, -0.05) is 6.07 Å². The van der Waals surface area contributed by atoms with Crippen molar-refractivity contribution < 1.29 is 14.3 Å². The van der Waals surface area contributed by atoms with Crippen LogP contribution in [0.2, 0.25) is 0 Å². The number of carbonyl (C=O) groups is 2. The lowest BCUT2D eigenvalue weighted by molar-refractivity contribution is 0.0903. The summed E-state index contributed by atoms with van der Waals surface area (Å²) in [4.78, 5) is 25.3. The molecular weight excluding hydrogens is 270 g/mol. The number of hydrogen-bond donors (Lipinski definition) is 1. The molecule has 0 atom stereocenters. The maximum atomic E-state index is 12.1. The van der Waals surface area contributed by atoms with Crippen LogP contribution in [-0.4, -0.2) is 42.1 Å². The zero-order chi connectivity index (χ0) is 15.5. The zero-order valence-corrected chi connectivity index (χ0v) is 12.0. The van der Waals surface area contributed by atoms with Crippen molar-refractivity contribution in [2.45, 2.75) is 19.4 Å². The fourth-order valence-corrected chi connectivity index (χ4v) is 2.17. The van der Waals surface area contributed by atoms with Crippen molar-refractivity contribution in [2.24, 2.45) is 0 Å². The normalized spacial score (nSPS) is 14.5. The first-order chi connectivity index (χ1) is 9.94. The van der Waals surface area contributed by atoms with Crippen LogP contribution < -0.4 is 5.32 Å². The Morgan fingerprint density at radius 1 is 1.52 bits per heavy atom. The van der Waals surface area contributed by atoms with Gasteiger partial charge in [0.15, 0.2) is 0 Å². The molecule has 0 aromatic heterocycles. The summed E-state index contributed by atoms with van der Waals surface area (Å²) >= 11 is 0. The van der Waals surface area contributed by atoms with E-state index in [2.05, 4.69) is 5.32 Å². The highest BCUT2D eigenvalue weighted by atomic mass is 16.6. The molecule has 0 spiro atoms. The van der Waals surface area contributed by atoms with Crippen molar-refractivity contribution in [3.05, 3.63) is 35.4 Å². The van der Waals surface area contributed by atoms with Gasteiger partial charge in [-0.25, -0.2) is 4.79 Å². The molecule has 1 aromatic rings. The minimum atomic E-state index is -0.532. The first-order valence-electron chi connectivity index (χ1n) is 6.67. The average Bonchev–Trinajstić information content (AvgIpc) is 2.92. The van der Waals surface area contributed by atoms with Crippen LogP contribution in [-0.2, 0) is 4.74 Å². The largest absolute Gasteiger partial charge is 0.448 e. The van der Waals surface area contributed by atoms with E-state index in [1.165, 1.54) is 6.07 Å². The second-order valence-corrected chi connectivity index (χ2v) is 5.45. The van der Waals surface area contributed by atoms with E-state index in [9.17, 15) is 9.59 Å². The summed E-state index contributed by atoms with van der Waals surface area (Å²) in [6.07, 6.45) is -0.360. The standard InChI is InChI=1S/C15H17N3O3/c1-15(2,18-6-7-21-14(18)20)10-17-13(19)12-5-3-4-11(8-12)9-16/h3-5,8H,6-7,10H2,1-2H3,(H,17,19). The number of nitriles is 1. The third-order valence-electron chi connectivity index (χ3n) is 3.43. The molecule has 1 fully saturated rings. The molecule has 0 aliphatic carbocycles. The van der Waals surface area contributed by atoms with Crippen LogP contribution in [0.1, 0.15) is 29.8 Å². The molecule has 2 rings (SSSR count). The van der Waals surface area contributed by atoms with Crippen molar-refractivity contribution in [1.82, 2.24) is 10.2 Å². The van der Waals surface area contributed by atoms with Crippen molar-refractivity contribution in [2.75, 3.05) is 19.7 Å². The highest BCUT2D eigenvalue weighted by Crippen LogP contribution is 2.18. The molecule has 0 radical (unpaired) electrons. The molecule has 0 bridgehead atoms. The zero-order valence-electron chi connectivity index (χ0n) is 12.0. The molecule has 6 heteroatoms. The molecule has 110 valence electrons. The Bertz CT molecular complexity index is 604. The summed E-state index contributed by atoms with van der Waals surface area (Å²) in [7, 11) is 0. The molecule has 0 unspecified atom stereocenters. The van der Waals surface area contributed by atoms with E-state index < -0.39 is 5.54 Å². The lowest BCUT2D eigenvalue weighted by Gasteiger charge is -2.33. The highest BCUT2D eigenvalue weighted by Gasteiger charge is 2.35. The van der Waals surface area contributed by atoms with Crippen LogP contribution in [0.15, 0.2) is 24.3 Å². The number of hydrogen-bond acceptors (Lipinski definition) is 4. The number of ether oxygens (including phenoxy) is 1. The Morgan fingerprint density at radius 2 is 2.29 bits per heavy atom. The summed E-state index contributed by atoms with van der Waals surface area (Å²) in [6, 6.07) is 8.48. The monoisotopic (exact) mass is 287 g/mol. The molecule has 1 aliphatic rings. The van der Waals surface area contributed by atoms with Gasteiger partial charge in [-0.3, -0.25) is 9.69 Å².